The van der Waals surface area contributed by atoms with E-state index >= 15 is 0 Å². The van der Waals surface area contributed by atoms with Gasteiger partial charge in [-0.3, -0.25) is 0 Å². The van der Waals surface area contributed by atoms with Gasteiger partial charge >= 0.3 is 0 Å². The molecule has 1 unspecified atom stereocenters. The number of anilines is 1. The predicted molar refractivity (Wildman–Crippen MR) is 67.3 cm³/mol. The molecule has 1 fully saturated rings. The molecule has 1 aromatic rings. The number of rotatable bonds is 3. The third-order valence-corrected chi connectivity index (χ3v) is 3.78. The summed E-state index contributed by atoms with van der Waals surface area (Å²) in [5.41, 5.74) is 7.72. The van der Waals surface area contributed by atoms with E-state index < -0.39 is 0 Å². The van der Waals surface area contributed by atoms with Crippen LogP contribution < -0.4 is 5.73 Å². The highest BCUT2D eigenvalue weighted by Crippen LogP contribution is 2.35. The molecule has 0 spiro atoms. The minimum Gasteiger partial charge on any atom is -0.399 e. The molecule has 0 saturated heterocycles. The Bertz CT molecular complexity index is 314. The Kier molecular flexibility index (Phi) is 3.83. The van der Waals surface area contributed by atoms with Gasteiger partial charge in [-0.15, -0.1) is 0 Å². The van der Waals surface area contributed by atoms with Crippen LogP contribution in [0.3, 0.4) is 0 Å². The normalized spacial score (nSPS) is 19.6. The number of aliphatic hydroxyl groups is 1. The first-order valence-electron chi connectivity index (χ1n) is 6.27. The van der Waals surface area contributed by atoms with E-state index in [4.69, 9.17) is 5.73 Å². The highest BCUT2D eigenvalue weighted by atomic mass is 16.3. The Balaban J connectivity index is 2.11. The van der Waals surface area contributed by atoms with Crippen molar-refractivity contribution in [3.05, 3.63) is 29.8 Å². The van der Waals surface area contributed by atoms with Gasteiger partial charge in [-0.1, -0.05) is 31.4 Å². The number of benzene rings is 1. The van der Waals surface area contributed by atoms with Crippen molar-refractivity contribution in [2.75, 3.05) is 12.3 Å². The van der Waals surface area contributed by atoms with Gasteiger partial charge in [0.15, 0.2) is 0 Å². The summed E-state index contributed by atoms with van der Waals surface area (Å²) in [6.45, 7) is 0.259. The fourth-order valence-electron chi connectivity index (χ4n) is 2.81. The average Bonchev–Trinajstić information content (AvgIpc) is 2.34. The van der Waals surface area contributed by atoms with Crippen molar-refractivity contribution >= 4 is 5.69 Å². The molecule has 1 aliphatic rings. The Morgan fingerprint density at radius 2 is 1.75 bits per heavy atom. The summed E-state index contributed by atoms with van der Waals surface area (Å²) in [6.07, 6.45) is 6.51. The minimum absolute atomic E-state index is 0.259. The first-order chi connectivity index (χ1) is 7.81. The van der Waals surface area contributed by atoms with Crippen molar-refractivity contribution in [3.63, 3.8) is 0 Å². The van der Waals surface area contributed by atoms with Gasteiger partial charge in [0.1, 0.15) is 0 Å². The van der Waals surface area contributed by atoms with Crippen LogP contribution in [0.4, 0.5) is 5.69 Å². The van der Waals surface area contributed by atoms with Gasteiger partial charge in [-0.05, 0) is 36.5 Å². The van der Waals surface area contributed by atoms with Gasteiger partial charge in [0.05, 0.1) is 6.61 Å². The van der Waals surface area contributed by atoms with E-state index in [1.54, 1.807) is 0 Å². The molecular formula is C14H21NO. The number of hydrogen-bond acceptors (Lipinski definition) is 2. The van der Waals surface area contributed by atoms with Crippen molar-refractivity contribution in [2.45, 2.75) is 38.0 Å². The molecule has 1 aliphatic carbocycles. The average molecular weight is 219 g/mol. The van der Waals surface area contributed by atoms with Crippen LogP contribution in [0.2, 0.25) is 0 Å². The van der Waals surface area contributed by atoms with E-state index in [0.29, 0.717) is 11.8 Å². The molecule has 0 aromatic heterocycles. The summed E-state index contributed by atoms with van der Waals surface area (Å²) >= 11 is 0. The fourth-order valence-corrected chi connectivity index (χ4v) is 2.81. The van der Waals surface area contributed by atoms with Crippen molar-refractivity contribution < 1.29 is 5.11 Å². The molecule has 0 radical (unpaired) electrons. The molecule has 2 rings (SSSR count). The second-order valence-corrected chi connectivity index (χ2v) is 4.85. The van der Waals surface area contributed by atoms with E-state index in [-0.39, 0.29) is 6.61 Å². The smallest absolute Gasteiger partial charge is 0.0502 e. The van der Waals surface area contributed by atoms with Crippen LogP contribution in [0, 0.1) is 5.92 Å². The van der Waals surface area contributed by atoms with Gasteiger partial charge in [0.25, 0.3) is 0 Å². The van der Waals surface area contributed by atoms with Gasteiger partial charge in [0.2, 0.25) is 0 Å². The van der Waals surface area contributed by atoms with Gasteiger partial charge < -0.3 is 10.8 Å². The third-order valence-electron chi connectivity index (χ3n) is 3.78. The molecule has 16 heavy (non-hydrogen) atoms. The lowest BCUT2D eigenvalue weighted by Crippen LogP contribution is -2.19. The Morgan fingerprint density at radius 3 is 2.31 bits per heavy atom. The van der Waals surface area contributed by atoms with Gasteiger partial charge in [0, 0.05) is 11.6 Å². The summed E-state index contributed by atoms with van der Waals surface area (Å²) in [6, 6.07) is 7.98. The van der Waals surface area contributed by atoms with E-state index in [1.165, 1.54) is 37.7 Å². The number of aliphatic hydroxyl groups excluding tert-OH is 1. The van der Waals surface area contributed by atoms with Crippen LogP contribution in [0.1, 0.15) is 43.6 Å². The first-order valence-corrected chi connectivity index (χ1v) is 6.27. The highest BCUT2D eigenvalue weighted by molar-refractivity contribution is 5.40. The summed E-state index contributed by atoms with van der Waals surface area (Å²) in [5.74, 6) is 0.961. The van der Waals surface area contributed by atoms with E-state index in [0.717, 1.165) is 5.69 Å². The van der Waals surface area contributed by atoms with Crippen molar-refractivity contribution in [2.24, 2.45) is 5.92 Å². The second kappa shape index (κ2) is 5.35. The predicted octanol–water partition coefficient (Wildman–Crippen LogP) is 2.93. The van der Waals surface area contributed by atoms with Gasteiger partial charge in [-0.2, -0.15) is 0 Å². The van der Waals surface area contributed by atoms with E-state index in [9.17, 15) is 5.11 Å². The number of hydrogen-bond donors (Lipinski definition) is 2. The standard InChI is InChI=1S/C14H21NO/c15-13-8-6-12(7-9-13)14(10-16)11-4-2-1-3-5-11/h6-9,11,14,16H,1-5,10,15H2. The molecule has 1 aromatic carbocycles. The van der Waals surface area contributed by atoms with Crippen molar-refractivity contribution in [1.82, 2.24) is 0 Å². The molecule has 88 valence electrons. The van der Waals surface area contributed by atoms with Crippen LogP contribution in [-0.2, 0) is 0 Å². The lowest BCUT2D eigenvalue weighted by atomic mass is 9.77. The number of nitrogen functional groups attached to an aromatic ring is 1. The summed E-state index contributed by atoms with van der Waals surface area (Å²) < 4.78 is 0. The molecule has 0 amide bonds. The maximum Gasteiger partial charge on any atom is 0.0502 e. The van der Waals surface area contributed by atoms with Crippen molar-refractivity contribution in [1.29, 1.82) is 0 Å². The van der Waals surface area contributed by atoms with Crippen LogP contribution in [0.15, 0.2) is 24.3 Å². The molecular weight excluding hydrogens is 198 g/mol. The SMILES string of the molecule is Nc1ccc(C(CO)C2CCCCC2)cc1. The molecule has 0 bridgehead atoms. The topological polar surface area (TPSA) is 46.2 Å². The second-order valence-electron chi connectivity index (χ2n) is 4.85. The van der Waals surface area contributed by atoms with Crippen molar-refractivity contribution in [3.8, 4) is 0 Å². The zero-order chi connectivity index (χ0) is 11.4. The van der Waals surface area contributed by atoms with Gasteiger partial charge in [-0.25, -0.2) is 0 Å². The molecule has 2 heteroatoms. The maximum absolute atomic E-state index is 9.57. The molecule has 1 atom stereocenters. The maximum atomic E-state index is 9.57. The summed E-state index contributed by atoms with van der Waals surface area (Å²) in [4.78, 5) is 0. The monoisotopic (exact) mass is 219 g/mol. The van der Waals surface area contributed by atoms with Crippen LogP contribution in [0.25, 0.3) is 0 Å². The zero-order valence-electron chi connectivity index (χ0n) is 9.73. The third kappa shape index (κ3) is 2.56. The first kappa shape index (κ1) is 11.5. The van der Waals surface area contributed by atoms with Crippen LogP contribution >= 0.6 is 0 Å². The lowest BCUT2D eigenvalue weighted by Gasteiger charge is -2.29. The Labute approximate surface area is 97.5 Å². The number of nitrogens with two attached hydrogens (primary N) is 1. The lowest BCUT2D eigenvalue weighted by molar-refractivity contribution is 0.196. The Hall–Kier alpha value is -1.02. The summed E-state index contributed by atoms with van der Waals surface area (Å²) in [7, 11) is 0. The quantitative estimate of drug-likeness (QED) is 0.768. The molecule has 2 nitrogen and oxygen atoms in total. The molecule has 3 N–H and O–H groups in total. The fraction of sp³-hybridized carbons (Fsp3) is 0.571. The van der Waals surface area contributed by atoms with E-state index in [2.05, 4.69) is 12.1 Å². The molecule has 0 aliphatic heterocycles. The van der Waals surface area contributed by atoms with Crippen LogP contribution in [-0.4, -0.2) is 11.7 Å². The molecule has 0 heterocycles. The van der Waals surface area contributed by atoms with Crippen LogP contribution in [0.5, 0.6) is 0 Å². The highest BCUT2D eigenvalue weighted by Gasteiger charge is 2.24. The summed E-state index contributed by atoms with van der Waals surface area (Å²) in [5, 5.41) is 9.57. The largest absolute Gasteiger partial charge is 0.399 e. The molecule has 1 saturated carbocycles. The zero-order valence-corrected chi connectivity index (χ0v) is 9.73. The van der Waals surface area contributed by atoms with E-state index in [1.807, 2.05) is 12.1 Å². The minimum atomic E-state index is 0.259. The Morgan fingerprint density at radius 1 is 1.12 bits per heavy atom.